The first kappa shape index (κ1) is 15.9. The zero-order valence-electron chi connectivity index (χ0n) is 12.2. The lowest BCUT2D eigenvalue weighted by atomic mass is 9.96. The highest BCUT2D eigenvalue weighted by atomic mass is 19.4. The van der Waals surface area contributed by atoms with Gasteiger partial charge in [-0.15, -0.1) is 0 Å². The van der Waals surface area contributed by atoms with E-state index in [2.05, 4.69) is 16.9 Å². The molecule has 2 N–H and O–H groups in total. The Bertz CT molecular complexity index is 476. The molecule has 0 radical (unpaired) electrons. The van der Waals surface area contributed by atoms with Crippen molar-refractivity contribution in [3.05, 3.63) is 11.9 Å². The molecule has 0 amide bonds. The number of anilines is 2. The first-order valence-corrected chi connectivity index (χ1v) is 7.37. The molecule has 1 saturated heterocycles. The fourth-order valence-electron chi connectivity index (χ4n) is 2.83. The largest absolute Gasteiger partial charge is 0.451 e. The average molecular weight is 302 g/mol. The van der Waals surface area contributed by atoms with Gasteiger partial charge in [0.1, 0.15) is 11.6 Å². The molecule has 118 valence electrons. The Balaban J connectivity index is 2.16. The number of alkyl halides is 3. The van der Waals surface area contributed by atoms with Crippen molar-refractivity contribution < 1.29 is 13.2 Å². The predicted octanol–water partition coefficient (Wildman–Crippen LogP) is 3.48. The first-order chi connectivity index (χ1) is 9.90. The average Bonchev–Trinajstić information content (AvgIpc) is 2.63. The Kier molecular flexibility index (Phi) is 4.90. The van der Waals surface area contributed by atoms with E-state index in [4.69, 9.17) is 5.73 Å². The van der Waals surface area contributed by atoms with Crippen molar-refractivity contribution in [2.75, 3.05) is 23.7 Å². The molecule has 1 atom stereocenters. The Morgan fingerprint density at radius 2 is 2.05 bits per heavy atom. The summed E-state index contributed by atoms with van der Waals surface area (Å²) < 4.78 is 38.3. The lowest BCUT2D eigenvalue weighted by molar-refractivity contribution is -0.144. The summed E-state index contributed by atoms with van der Waals surface area (Å²) in [5, 5.41) is 0. The molecule has 1 aromatic rings. The van der Waals surface area contributed by atoms with E-state index in [1.54, 1.807) is 0 Å². The molecule has 1 fully saturated rings. The second kappa shape index (κ2) is 6.49. The number of aromatic nitrogens is 2. The molecule has 0 aromatic carbocycles. The highest BCUT2D eigenvalue weighted by molar-refractivity contribution is 5.47. The van der Waals surface area contributed by atoms with Gasteiger partial charge >= 0.3 is 6.18 Å². The Morgan fingerprint density at radius 1 is 1.29 bits per heavy atom. The molecule has 1 unspecified atom stereocenters. The van der Waals surface area contributed by atoms with E-state index in [0.717, 1.165) is 32.2 Å². The normalized spacial score (nSPS) is 20.4. The maximum atomic E-state index is 12.8. The molecular weight excluding hydrogens is 281 g/mol. The van der Waals surface area contributed by atoms with Crippen molar-refractivity contribution in [1.82, 2.24) is 9.97 Å². The highest BCUT2D eigenvalue weighted by Crippen LogP contribution is 2.30. The monoisotopic (exact) mass is 302 g/mol. The van der Waals surface area contributed by atoms with Gasteiger partial charge in [0, 0.05) is 19.2 Å². The SMILES string of the molecule is CCCC1CCCN(c2cc(N)nc(C(F)(F)F)n2)CC1. The van der Waals surface area contributed by atoms with Gasteiger partial charge in [0.2, 0.25) is 5.82 Å². The van der Waals surface area contributed by atoms with Crippen LogP contribution in [0.1, 0.15) is 44.9 Å². The van der Waals surface area contributed by atoms with Crippen LogP contribution in [0.3, 0.4) is 0 Å². The number of hydrogen-bond donors (Lipinski definition) is 1. The molecular formula is C14H21F3N4. The van der Waals surface area contributed by atoms with Crippen molar-refractivity contribution in [2.24, 2.45) is 5.92 Å². The van der Waals surface area contributed by atoms with Crippen LogP contribution >= 0.6 is 0 Å². The van der Waals surface area contributed by atoms with Gasteiger partial charge in [0.05, 0.1) is 0 Å². The van der Waals surface area contributed by atoms with Crippen LogP contribution in [0.25, 0.3) is 0 Å². The van der Waals surface area contributed by atoms with Gasteiger partial charge in [-0.05, 0) is 25.2 Å². The third kappa shape index (κ3) is 4.22. The first-order valence-electron chi connectivity index (χ1n) is 7.37. The summed E-state index contributed by atoms with van der Waals surface area (Å²) in [5.74, 6) is -0.359. The minimum atomic E-state index is -4.57. The van der Waals surface area contributed by atoms with Gasteiger partial charge in [-0.3, -0.25) is 0 Å². The quantitative estimate of drug-likeness (QED) is 0.928. The number of nitrogen functional groups attached to an aromatic ring is 1. The molecule has 0 spiro atoms. The molecule has 1 aromatic heterocycles. The van der Waals surface area contributed by atoms with E-state index < -0.39 is 12.0 Å². The molecule has 0 aliphatic carbocycles. The van der Waals surface area contributed by atoms with Crippen LogP contribution in [-0.2, 0) is 6.18 Å². The number of hydrogen-bond acceptors (Lipinski definition) is 4. The lowest BCUT2D eigenvalue weighted by Gasteiger charge is -2.22. The third-order valence-electron chi connectivity index (χ3n) is 3.85. The molecule has 0 bridgehead atoms. The van der Waals surface area contributed by atoms with Crippen LogP contribution in [-0.4, -0.2) is 23.1 Å². The zero-order valence-corrected chi connectivity index (χ0v) is 12.2. The molecule has 21 heavy (non-hydrogen) atoms. The second-order valence-electron chi connectivity index (χ2n) is 5.55. The predicted molar refractivity (Wildman–Crippen MR) is 75.9 cm³/mol. The summed E-state index contributed by atoms with van der Waals surface area (Å²) in [4.78, 5) is 8.83. The summed E-state index contributed by atoms with van der Waals surface area (Å²) in [5.41, 5.74) is 5.50. The van der Waals surface area contributed by atoms with Crippen LogP contribution in [0.5, 0.6) is 0 Å². The summed E-state index contributed by atoms with van der Waals surface area (Å²) in [7, 11) is 0. The van der Waals surface area contributed by atoms with Gasteiger partial charge in [0.25, 0.3) is 0 Å². The smallest absolute Gasteiger partial charge is 0.384 e. The maximum Gasteiger partial charge on any atom is 0.451 e. The standard InChI is InChI=1S/C14H21F3N4/c1-2-4-10-5-3-7-21(8-6-10)12-9-11(18)19-13(20-12)14(15,16)17/h9-10H,2-8H2,1H3,(H2,18,19,20). The van der Waals surface area contributed by atoms with Crippen LogP contribution in [0.4, 0.5) is 24.8 Å². The van der Waals surface area contributed by atoms with Gasteiger partial charge in [-0.25, -0.2) is 9.97 Å². The Morgan fingerprint density at radius 3 is 2.71 bits per heavy atom. The van der Waals surface area contributed by atoms with Gasteiger partial charge < -0.3 is 10.6 Å². The van der Waals surface area contributed by atoms with E-state index in [1.807, 2.05) is 4.90 Å². The minimum absolute atomic E-state index is 0.137. The molecule has 4 nitrogen and oxygen atoms in total. The van der Waals surface area contributed by atoms with E-state index in [9.17, 15) is 13.2 Å². The molecule has 1 aliphatic heterocycles. The van der Waals surface area contributed by atoms with Crippen molar-refractivity contribution >= 4 is 11.6 Å². The molecule has 2 rings (SSSR count). The minimum Gasteiger partial charge on any atom is -0.384 e. The van der Waals surface area contributed by atoms with Crippen molar-refractivity contribution in [3.8, 4) is 0 Å². The summed E-state index contributed by atoms with van der Waals surface area (Å²) in [6, 6.07) is 1.43. The third-order valence-corrected chi connectivity index (χ3v) is 3.85. The van der Waals surface area contributed by atoms with Gasteiger partial charge in [-0.1, -0.05) is 19.8 Å². The fraction of sp³-hybridized carbons (Fsp3) is 0.714. The van der Waals surface area contributed by atoms with Crippen molar-refractivity contribution in [3.63, 3.8) is 0 Å². The molecule has 2 heterocycles. The Hall–Kier alpha value is -1.53. The number of rotatable bonds is 3. The van der Waals surface area contributed by atoms with Crippen LogP contribution in [0.2, 0.25) is 0 Å². The Labute approximate surface area is 122 Å². The van der Waals surface area contributed by atoms with Crippen LogP contribution in [0, 0.1) is 5.92 Å². The van der Waals surface area contributed by atoms with Crippen LogP contribution in [0.15, 0.2) is 6.07 Å². The van der Waals surface area contributed by atoms with Gasteiger partial charge in [-0.2, -0.15) is 13.2 Å². The van der Waals surface area contributed by atoms with E-state index in [1.165, 1.54) is 12.5 Å². The number of nitrogens with zero attached hydrogens (tertiary/aromatic N) is 3. The van der Waals surface area contributed by atoms with Crippen LogP contribution < -0.4 is 10.6 Å². The maximum absolute atomic E-state index is 12.8. The number of nitrogens with two attached hydrogens (primary N) is 1. The topological polar surface area (TPSA) is 55.0 Å². The van der Waals surface area contributed by atoms with Gasteiger partial charge in [0.15, 0.2) is 0 Å². The summed E-state index contributed by atoms with van der Waals surface area (Å²) >= 11 is 0. The molecule has 7 heteroatoms. The molecule has 0 saturated carbocycles. The fourth-order valence-corrected chi connectivity index (χ4v) is 2.83. The second-order valence-corrected chi connectivity index (χ2v) is 5.55. The summed E-state index contributed by atoms with van der Waals surface area (Å²) in [6.45, 7) is 3.59. The highest BCUT2D eigenvalue weighted by Gasteiger charge is 2.35. The lowest BCUT2D eigenvalue weighted by Crippen LogP contribution is -2.27. The van der Waals surface area contributed by atoms with E-state index in [0.29, 0.717) is 12.5 Å². The number of halogens is 3. The van der Waals surface area contributed by atoms with Crippen molar-refractivity contribution in [1.29, 1.82) is 0 Å². The van der Waals surface area contributed by atoms with E-state index >= 15 is 0 Å². The molecule has 1 aliphatic rings. The van der Waals surface area contributed by atoms with E-state index in [-0.39, 0.29) is 11.6 Å². The summed E-state index contributed by atoms with van der Waals surface area (Å²) in [6.07, 6.45) is 0.823. The zero-order chi connectivity index (χ0) is 15.5. The van der Waals surface area contributed by atoms with Crippen molar-refractivity contribution in [2.45, 2.75) is 45.2 Å².